The number of esters is 2. The van der Waals surface area contributed by atoms with Gasteiger partial charge in [0.05, 0.1) is 27.7 Å². The van der Waals surface area contributed by atoms with Gasteiger partial charge in [0.25, 0.3) is 7.82 Å². The Balaban J connectivity index is 3.96. The van der Waals surface area contributed by atoms with E-state index in [9.17, 15) is 19.0 Å². The first kappa shape index (κ1) is 71.5. The number of hydrogen-bond acceptors (Lipinski definition) is 8. The number of rotatable bonds is 59. The number of phosphoric acid groups is 1. The van der Waals surface area contributed by atoms with Crippen molar-refractivity contribution in [2.24, 2.45) is 0 Å². The summed E-state index contributed by atoms with van der Waals surface area (Å²) in [6.07, 6.45) is 66.9. The smallest absolute Gasteiger partial charge is 0.306 e. The summed E-state index contributed by atoms with van der Waals surface area (Å²) < 4.78 is 34.2. The number of carbonyl (C=O) groups is 2. The van der Waals surface area contributed by atoms with E-state index in [4.69, 9.17) is 18.5 Å². The third-order valence-corrected chi connectivity index (χ3v) is 15.2. The molecule has 2 atom stereocenters. The Bertz CT molecular complexity index is 1280. The van der Waals surface area contributed by atoms with Crippen molar-refractivity contribution in [3.63, 3.8) is 0 Å². The van der Waals surface area contributed by atoms with Crippen molar-refractivity contribution in [1.82, 2.24) is 0 Å². The minimum absolute atomic E-state index is 0.0314. The normalized spacial score (nSPS) is 13.3. The van der Waals surface area contributed by atoms with Crippen LogP contribution in [0.3, 0.4) is 0 Å². The summed E-state index contributed by atoms with van der Waals surface area (Å²) >= 11 is 0. The minimum Gasteiger partial charge on any atom is -0.756 e. The summed E-state index contributed by atoms with van der Waals surface area (Å²) in [6, 6.07) is 0. The van der Waals surface area contributed by atoms with Gasteiger partial charge in [-0.3, -0.25) is 14.2 Å². The van der Waals surface area contributed by atoms with Crippen LogP contribution in [0.4, 0.5) is 0 Å². The molecule has 9 nitrogen and oxygen atoms in total. The van der Waals surface area contributed by atoms with Crippen molar-refractivity contribution in [3.05, 3.63) is 24.3 Å². The first-order valence-corrected chi connectivity index (χ1v) is 33.0. The van der Waals surface area contributed by atoms with Gasteiger partial charge in [-0.1, -0.05) is 282 Å². The van der Waals surface area contributed by atoms with Gasteiger partial charge in [-0.05, 0) is 44.9 Å². The number of quaternary nitrogens is 1. The number of hydrogen-bond donors (Lipinski definition) is 0. The molecule has 0 aromatic rings. The summed E-state index contributed by atoms with van der Waals surface area (Å²) in [7, 11) is 1.17. The van der Waals surface area contributed by atoms with Gasteiger partial charge in [0, 0.05) is 12.8 Å². The van der Waals surface area contributed by atoms with Crippen molar-refractivity contribution in [1.29, 1.82) is 0 Å². The van der Waals surface area contributed by atoms with Crippen LogP contribution in [0.5, 0.6) is 0 Å². The Morgan fingerprint density at radius 1 is 0.425 bits per heavy atom. The number of unbranched alkanes of at least 4 members (excludes halogenated alkanes) is 41. The lowest BCUT2D eigenvalue weighted by Crippen LogP contribution is -2.37. The number of ether oxygens (including phenoxy) is 2. The first-order chi connectivity index (χ1) is 35.5. The molecule has 0 spiro atoms. The average Bonchev–Trinajstić information content (AvgIpc) is 3.35. The molecule has 0 aliphatic heterocycles. The van der Waals surface area contributed by atoms with Gasteiger partial charge in [-0.2, -0.15) is 0 Å². The third kappa shape index (κ3) is 59.6. The van der Waals surface area contributed by atoms with E-state index >= 15 is 0 Å². The monoisotopic (exact) mass is 1050 g/mol. The number of carbonyl (C=O) groups excluding carboxylic acids is 2. The second-order valence-corrected chi connectivity index (χ2v) is 24.2. The summed E-state index contributed by atoms with van der Waals surface area (Å²) in [5.74, 6) is -0.834. The maximum atomic E-state index is 12.8. The van der Waals surface area contributed by atoms with E-state index in [1.165, 1.54) is 225 Å². The van der Waals surface area contributed by atoms with E-state index in [1.54, 1.807) is 0 Å². The molecule has 2 unspecified atom stereocenters. The van der Waals surface area contributed by atoms with Crippen LogP contribution in [0.2, 0.25) is 0 Å². The molecule has 10 heteroatoms. The number of allylic oxidation sites excluding steroid dienone is 4. The first-order valence-electron chi connectivity index (χ1n) is 31.5. The highest BCUT2D eigenvalue weighted by atomic mass is 31.2. The third-order valence-electron chi connectivity index (χ3n) is 14.2. The van der Waals surface area contributed by atoms with Crippen molar-refractivity contribution >= 4 is 19.8 Å². The molecule has 0 aromatic heterocycles. The topological polar surface area (TPSA) is 111 Å². The van der Waals surface area contributed by atoms with Gasteiger partial charge < -0.3 is 27.9 Å². The molecular formula is C63H122NO8P. The van der Waals surface area contributed by atoms with Gasteiger partial charge in [0.15, 0.2) is 6.10 Å². The maximum Gasteiger partial charge on any atom is 0.306 e. The van der Waals surface area contributed by atoms with Crippen molar-refractivity contribution in [3.8, 4) is 0 Å². The lowest BCUT2D eigenvalue weighted by molar-refractivity contribution is -0.870. The van der Waals surface area contributed by atoms with Crippen LogP contribution >= 0.6 is 7.82 Å². The van der Waals surface area contributed by atoms with E-state index in [2.05, 4.69) is 38.2 Å². The van der Waals surface area contributed by atoms with Crippen LogP contribution < -0.4 is 4.89 Å². The molecule has 0 saturated heterocycles. The lowest BCUT2D eigenvalue weighted by Gasteiger charge is -2.28. The van der Waals surface area contributed by atoms with Gasteiger partial charge in [0.2, 0.25) is 0 Å². The SMILES string of the molecule is CCCCCC/C=C\C/C=C\CCCCCCCC(=O)OC(COC(=O)CCCCCCCCCCCCCCCCCCCCCCCCCCCCCCCCCCC)COP(=O)([O-])OCC[N+](C)(C)C. The molecule has 0 aromatic carbocycles. The summed E-state index contributed by atoms with van der Waals surface area (Å²) in [5.41, 5.74) is 0. The van der Waals surface area contributed by atoms with Gasteiger partial charge in [0.1, 0.15) is 19.8 Å². The molecule has 0 rings (SSSR count). The van der Waals surface area contributed by atoms with Crippen LogP contribution in [0.15, 0.2) is 24.3 Å². The highest BCUT2D eigenvalue weighted by Gasteiger charge is 2.22. The van der Waals surface area contributed by atoms with E-state index in [1.807, 2.05) is 21.1 Å². The van der Waals surface area contributed by atoms with Crippen LogP contribution in [-0.4, -0.2) is 70.0 Å². The molecule has 0 heterocycles. The zero-order valence-electron chi connectivity index (χ0n) is 49.1. The lowest BCUT2D eigenvalue weighted by atomic mass is 10.0. The van der Waals surface area contributed by atoms with Crippen LogP contribution in [-0.2, 0) is 32.7 Å². The Labute approximate surface area is 453 Å². The number of phosphoric ester groups is 1. The minimum atomic E-state index is -4.64. The van der Waals surface area contributed by atoms with Crippen molar-refractivity contribution < 1.29 is 42.1 Å². The fourth-order valence-corrected chi connectivity index (χ4v) is 10.1. The molecule has 0 amide bonds. The van der Waals surface area contributed by atoms with Crippen LogP contribution in [0.1, 0.15) is 316 Å². The summed E-state index contributed by atoms with van der Waals surface area (Å²) in [4.78, 5) is 37.8. The Morgan fingerprint density at radius 2 is 0.740 bits per heavy atom. The highest BCUT2D eigenvalue weighted by molar-refractivity contribution is 7.45. The zero-order chi connectivity index (χ0) is 53.5. The Kier molecular flexibility index (Phi) is 54.1. The van der Waals surface area contributed by atoms with Gasteiger partial charge in [-0.15, -0.1) is 0 Å². The molecule has 0 N–H and O–H groups in total. The fraction of sp³-hybridized carbons (Fsp3) is 0.905. The zero-order valence-corrected chi connectivity index (χ0v) is 50.0. The second-order valence-electron chi connectivity index (χ2n) is 22.8. The molecule has 0 aliphatic rings. The molecule has 0 fully saturated rings. The maximum absolute atomic E-state index is 12.8. The molecule has 0 aliphatic carbocycles. The molecular weight excluding hydrogens is 930 g/mol. The van der Waals surface area contributed by atoms with Crippen LogP contribution in [0, 0.1) is 0 Å². The quantitative estimate of drug-likeness (QED) is 0.0195. The van der Waals surface area contributed by atoms with E-state index < -0.39 is 26.5 Å². The second kappa shape index (κ2) is 55.3. The average molecular weight is 1050 g/mol. The number of likely N-dealkylation sites (N-methyl/N-ethyl adjacent to an activating group) is 1. The van der Waals surface area contributed by atoms with Crippen molar-refractivity contribution in [2.75, 3.05) is 47.5 Å². The summed E-state index contributed by atoms with van der Waals surface area (Å²) in [5, 5.41) is 0. The predicted octanol–water partition coefficient (Wildman–Crippen LogP) is 19.1. The Hall–Kier alpha value is -1.51. The molecule has 73 heavy (non-hydrogen) atoms. The largest absolute Gasteiger partial charge is 0.756 e. The van der Waals surface area contributed by atoms with Gasteiger partial charge in [-0.25, -0.2) is 0 Å². The van der Waals surface area contributed by atoms with E-state index in [0.29, 0.717) is 17.4 Å². The molecule has 0 radical (unpaired) electrons. The molecule has 432 valence electrons. The van der Waals surface area contributed by atoms with Crippen molar-refractivity contribution in [2.45, 2.75) is 322 Å². The molecule has 0 saturated carbocycles. The molecule has 0 bridgehead atoms. The highest BCUT2D eigenvalue weighted by Crippen LogP contribution is 2.38. The van der Waals surface area contributed by atoms with E-state index in [0.717, 1.165) is 57.8 Å². The van der Waals surface area contributed by atoms with Gasteiger partial charge >= 0.3 is 11.9 Å². The summed E-state index contributed by atoms with van der Waals surface area (Å²) in [6.45, 7) is 4.25. The Morgan fingerprint density at radius 3 is 1.10 bits per heavy atom. The van der Waals surface area contributed by atoms with E-state index in [-0.39, 0.29) is 32.0 Å². The number of nitrogens with zero attached hydrogens (tertiary/aromatic N) is 1. The standard InChI is InChI=1S/C63H122NO8P/c1-6-8-10-12-14-16-18-20-22-24-25-26-27-28-29-30-31-32-33-34-35-36-37-38-39-40-42-43-45-47-49-51-53-55-62(65)69-59-61(60-71-73(67,68)70-58-57-64(3,4)5)72-63(66)56-54-52-50-48-46-44-41-23-21-19-17-15-13-11-9-7-2/h17,19,23,41,61H,6-16,18,20-22,24-40,42-60H2,1-5H3/b19-17-,41-23-. The predicted molar refractivity (Wildman–Crippen MR) is 310 cm³/mol. The van der Waals surface area contributed by atoms with Crippen LogP contribution in [0.25, 0.3) is 0 Å². The fourth-order valence-electron chi connectivity index (χ4n) is 9.34.